The first kappa shape index (κ1) is 10.8. The van der Waals surface area contributed by atoms with E-state index >= 15 is 0 Å². The van der Waals surface area contributed by atoms with E-state index in [-0.39, 0.29) is 11.4 Å². The SMILES string of the molecule is Nc1ccc(-c2cncc(=O)[nH]2)nc1C(=O)O. The number of nitrogens with one attached hydrogen (secondary N) is 1. The topological polar surface area (TPSA) is 122 Å². The van der Waals surface area contributed by atoms with E-state index in [1.807, 2.05) is 0 Å². The number of nitrogen functional groups attached to an aromatic ring is 1. The van der Waals surface area contributed by atoms with Gasteiger partial charge in [-0.05, 0) is 12.1 Å². The van der Waals surface area contributed by atoms with E-state index in [0.717, 1.165) is 6.20 Å². The monoisotopic (exact) mass is 232 g/mol. The molecule has 2 aromatic rings. The number of aromatic amines is 1. The Morgan fingerprint density at radius 3 is 2.76 bits per heavy atom. The van der Waals surface area contributed by atoms with Crippen LogP contribution in [0.5, 0.6) is 0 Å². The average Bonchev–Trinajstić information content (AvgIpc) is 2.29. The lowest BCUT2D eigenvalue weighted by Gasteiger charge is -2.03. The van der Waals surface area contributed by atoms with Gasteiger partial charge in [0, 0.05) is 0 Å². The Morgan fingerprint density at radius 2 is 2.12 bits per heavy atom. The number of anilines is 1. The second-order valence-electron chi connectivity index (χ2n) is 3.25. The quantitative estimate of drug-likeness (QED) is 0.675. The summed E-state index contributed by atoms with van der Waals surface area (Å²) >= 11 is 0. The van der Waals surface area contributed by atoms with Crippen molar-refractivity contribution in [2.75, 3.05) is 5.73 Å². The maximum absolute atomic E-state index is 11.1. The molecule has 0 bridgehead atoms. The molecule has 0 fully saturated rings. The van der Waals surface area contributed by atoms with Gasteiger partial charge in [-0.3, -0.25) is 9.78 Å². The minimum absolute atomic E-state index is 0.0625. The van der Waals surface area contributed by atoms with Crippen LogP contribution in [0.1, 0.15) is 10.5 Å². The van der Waals surface area contributed by atoms with Crippen molar-refractivity contribution in [3.05, 3.63) is 40.6 Å². The Labute approximate surface area is 95.0 Å². The second-order valence-corrected chi connectivity index (χ2v) is 3.25. The molecule has 86 valence electrons. The lowest BCUT2D eigenvalue weighted by atomic mass is 10.2. The summed E-state index contributed by atoms with van der Waals surface area (Å²) in [6, 6.07) is 2.92. The standard InChI is InChI=1S/C10H8N4O3/c11-5-1-2-6(14-9(5)10(16)17)7-3-12-4-8(15)13-7/h1-4H,11H2,(H,13,15)(H,16,17). The van der Waals surface area contributed by atoms with Gasteiger partial charge in [-0.2, -0.15) is 0 Å². The van der Waals surface area contributed by atoms with Crippen LogP contribution in [0.25, 0.3) is 11.4 Å². The Kier molecular flexibility index (Phi) is 2.57. The molecule has 2 rings (SSSR count). The predicted octanol–water partition coefficient (Wildman–Crippen LogP) is 0.112. The molecular formula is C10H8N4O3. The molecule has 0 aromatic carbocycles. The van der Waals surface area contributed by atoms with Crippen LogP contribution in [0.15, 0.2) is 29.3 Å². The molecule has 0 aliphatic heterocycles. The highest BCUT2D eigenvalue weighted by atomic mass is 16.4. The second kappa shape index (κ2) is 4.05. The Morgan fingerprint density at radius 1 is 1.35 bits per heavy atom. The van der Waals surface area contributed by atoms with E-state index in [1.165, 1.54) is 18.3 Å². The van der Waals surface area contributed by atoms with Gasteiger partial charge in [0.05, 0.1) is 29.5 Å². The number of aromatic carboxylic acids is 1. The summed E-state index contributed by atoms with van der Waals surface area (Å²) in [6.07, 6.45) is 2.49. The Balaban J connectivity index is 2.57. The van der Waals surface area contributed by atoms with Crippen LogP contribution < -0.4 is 11.3 Å². The van der Waals surface area contributed by atoms with Crippen LogP contribution in [0.4, 0.5) is 5.69 Å². The molecule has 2 heterocycles. The van der Waals surface area contributed by atoms with Gasteiger partial charge < -0.3 is 15.8 Å². The van der Waals surface area contributed by atoms with E-state index in [1.54, 1.807) is 0 Å². The number of hydrogen-bond acceptors (Lipinski definition) is 5. The van der Waals surface area contributed by atoms with Gasteiger partial charge in [0.15, 0.2) is 5.69 Å². The van der Waals surface area contributed by atoms with Crippen LogP contribution >= 0.6 is 0 Å². The fraction of sp³-hybridized carbons (Fsp3) is 0. The lowest BCUT2D eigenvalue weighted by Crippen LogP contribution is -2.09. The summed E-state index contributed by atoms with van der Waals surface area (Å²) in [4.78, 5) is 31.9. The average molecular weight is 232 g/mol. The first-order valence-corrected chi connectivity index (χ1v) is 4.62. The molecule has 0 unspecified atom stereocenters. The molecule has 7 nitrogen and oxygen atoms in total. The number of aromatic nitrogens is 3. The molecule has 4 N–H and O–H groups in total. The maximum atomic E-state index is 11.1. The molecule has 0 saturated heterocycles. The van der Waals surface area contributed by atoms with Crippen LogP contribution in [0.3, 0.4) is 0 Å². The van der Waals surface area contributed by atoms with Crippen molar-refractivity contribution in [3.63, 3.8) is 0 Å². The van der Waals surface area contributed by atoms with Gasteiger partial charge in [-0.1, -0.05) is 0 Å². The van der Waals surface area contributed by atoms with E-state index in [2.05, 4.69) is 15.0 Å². The molecule has 0 spiro atoms. The Hall–Kier alpha value is -2.70. The largest absolute Gasteiger partial charge is 0.476 e. The number of rotatable bonds is 2. The van der Waals surface area contributed by atoms with Gasteiger partial charge in [0.1, 0.15) is 0 Å². The zero-order valence-electron chi connectivity index (χ0n) is 8.54. The van der Waals surface area contributed by atoms with Crippen molar-refractivity contribution < 1.29 is 9.90 Å². The van der Waals surface area contributed by atoms with Crippen molar-refractivity contribution >= 4 is 11.7 Å². The molecule has 0 radical (unpaired) electrons. The molecule has 0 aliphatic carbocycles. The van der Waals surface area contributed by atoms with Gasteiger partial charge >= 0.3 is 5.97 Å². The normalized spacial score (nSPS) is 10.1. The van der Waals surface area contributed by atoms with E-state index in [9.17, 15) is 9.59 Å². The lowest BCUT2D eigenvalue weighted by molar-refractivity contribution is 0.0692. The first-order chi connectivity index (χ1) is 8.08. The third-order valence-electron chi connectivity index (χ3n) is 2.06. The number of carboxylic acid groups (broad SMARTS) is 1. The summed E-state index contributed by atoms with van der Waals surface area (Å²) in [5, 5.41) is 8.86. The first-order valence-electron chi connectivity index (χ1n) is 4.62. The zero-order chi connectivity index (χ0) is 12.4. The molecule has 0 aliphatic rings. The summed E-state index contributed by atoms with van der Waals surface area (Å²) in [7, 11) is 0. The van der Waals surface area contributed by atoms with Gasteiger partial charge in [0.2, 0.25) is 0 Å². The number of nitrogens with two attached hydrogens (primary N) is 1. The highest BCUT2D eigenvalue weighted by Crippen LogP contribution is 2.16. The molecule has 2 aromatic heterocycles. The molecule has 0 atom stereocenters. The highest BCUT2D eigenvalue weighted by molar-refractivity contribution is 5.91. The smallest absolute Gasteiger partial charge is 0.356 e. The molecule has 17 heavy (non-hydrogen) atoms. The van der Waals surface area contributed by atoms with Crippen LogP contribution in [0, 0.1) is 0 Å². The van der Waals surface area contributed by atoms with E-state index in [0.29, 0.717) is 11.4 Å². The third-order valence-corrected chi connectivity index (χ3v) is 2.06. The van der Waals surface area contributed by atoms with Crippen LogP contribution in [0.2, 0.25) is 0 Å². The highest BCUT2D eigenvalue weighted by Gasteiger charge is 2.11. The van der Waals surface area contributed by atoms with Crippen molar-refractivity contribution in [2.24, 2.45) is 0 Å². The minimum Gasteiger partial charge on any atom is -0.476 e. The van der Waals surface area contributed by atoms with E-state index in [4.69, 9.17) is 10.8 Å². The summed E-state index contributed by atoms with van der Waals surface area (Å²) in [6.45, 7) is 0. The van der Waals surface area contributed by atoms with Crippen molar-refractivity contribution in [1.82, 2.24) is 15.0 Å². The molecular weight excluding hydrogens is 224 g/mol. The number of pyridine rings is 1. The zero-order valence-corrected chi connectivity index (χ0v) is 8.54. The van der Waals surface area contributed by atoms with Crippen molar-refractivity contribution in [3.8, 4) is 11.4 Å². The summed E-state index contributed by atoms with van der Waals surface area (Å²) in [5.74, 6) is -1.23. The number of H-pyrrole nitrogens is 1. The number of carbonyl (C=O) groups is 1. The van der Waals surface area contributed by atoms with Gasteiger partial charge in [-0.15, -0.1) is 0 Å². The van der Waals surface area contributed by atoms with Gasteiger partial charge in [-0.25, -0.2) is 9.78 Å². The van der Waals surface area contributed by atoms with Crippen molar-refractivity contribution in [1.29, 1.82) is 0 Å². The predicted molar refractivity (Wildman–Crippen MR) is 59.5 cm³/mol. The number of carboxylic acids is 1. The molecule has 0 amide bonds. The number of hydrogen-bond donors (Lipinski definition) is 3. The van der Waals surface area contributed by atoms with Gasteiger partial charge in [0.25, 0.3) is 5.56 Å². The van der Waals surface area contributed by atoms with Crippen LogP contribution in [-0.2, 0) is 0 Å². The minimum atomic E-state index is -1.23. The number of nitrogens with zero attached hydrogens (tertiary/aromatic N) is 2. The summed E-state index contributed by atoms with van der Waals surface area (Å²) < 4.78 is 0. The molecule has 0 saturated carbocycles. The van der Waals surface area contributed by atoms with Crippen LogP contribution in [-0.4, -0.2) is 26.0 Å². The van der Waals surface area contributed by atoms with Crippen molar-refractivity contribution in [2.45, 2.75) is 0 Å². The summed E-state index contributed by atoms with van der Waals surface area (Å²) in [5.41, 5.74) is 5.51. The fourth-order valence-electron chi connectivity index (χ4n) is 1.30. The Bertz CT molecular complexity index is 635. The third kappa shape index (κ3) is 2.12. The fourth-order valence-corrected chi connectivity index (χ4v) is 1.30. The van der Waals surface area contributed by atoms with E-state index < -0.39 is 11.5 Å². The molecule has 7 heteroatoms. The maximum Gasteiger partial charge on any atom is 0.356 e.